The lowest BCUT2D eigenvalue weighted by Gasteiger charge is -2.26. The summed E-state index contributed by atoms with van der Waals surface area (Å²) < 4.78 is 13.4. The van der Waals surface area contributed by atoms with Crippen LogP contribution >= 0.6 is 11.8 Å². The van der Waals surface area contributed by atoms with Gasteiger partial charge in [0.25, 0.3) is 0 Å². The number of carbonyl (C=O) groups is 1. The van der Waals surface area contributed by atoms with Crippen LogP contribution in [0.3, 0.4) is 0 Å². The topological polar surface area (TPSA) is 68.6 Å². The van der Waals surface area contributed by atoms with E-state index in [4.69, 9.17) is 9.47 Å². The van der Waals surface area contributed by atoms with Gasteiger partial charge in [0.1, 0.15) is 12.4 Å². The standard InChI is InChI=1S/C22H28N4O3S/c1-25-20(6-7-23-25)19-15-17(24-22(27)16-18-3-2-14-30-18)4-5-21(19)29-13-10-26-8-11-28-12-9-26/h2,4-7,14-15,18H,3,8-13,16H2,1H3,(H,24,27). The highest BCUT2D eigenvalue weighted by molar-refractivity contribution is 8.03. The Morgan fingerprint density at radius 2 is 2.20 bits per heavy atom. The van der Waals surface area contributed by atoms with E-state index in [-0.39, 0.29) is 5.91 Å². The zero-order chi connectivity index (χ0) is 20.8. The maximum Gasteiger partial charge on any atom is 0.225 e. The predicted molar refractivity (Wildman–Crippen MR) is 120 cm³/mol. The van der Waals surface area contributed by atoms with Crippen molar-refractivity contribution in [1.29, 1.82) is 0 Å². The van der Waals surface area contributed by atoms with Crippen LogP contribution in [0.4, 0.5) is 5.69 Å². The molecule has 2 aliphatic rings. The summed E-state index contributed by atoms with van der Waals surface area (Å²) in [5.74, 6) is 0.827. The summed E-state index contributed by atoms with van der Waals surface area (Å²) in [6.07, 6.45) is 5.35. The molecule has 4 rings (SSSR count). The van der Waals surface area contributed by atoms with Crippen LogP contribution in [0.5, 0.6) is 5.75 Å². The number of rotatable bonds is 8. The van der Waals surface area contributed by atoms with Gasteiger partial charge in [-0.05, 0) is 36.1 Å². The molecular formula is C22H28N4O3S. The Morgan fingerprint density at radius 1 is 1.33 bits per heavy atom. The van der Waals surface area contributed by atoms with Gasteiger partial charge < -0.3 is 14.8 Å². The number of nitrogens with one attached hydrogen (secondary N) is 1. The van der Waals surface area contributed by atoms with Gasteiger partial charge in [-0.3, -0.25) is 14.4 Å². The van der Waals surface area contributed by atoms with E-state index in [0.29, 0.717) is 18.3 Å². The first-order chi connectivity index (χ1) is 14.7. The van der Waals surface area contributed by atoms with Crippen LogP contribution in [0.1, 0.15) is 12.8 Å². The lowest BCUT2D eigenvalue weighted by Crippen LogP contribution is -2.38. The normalized spacial score (nSPS) is 19.2. The number of benzene rings is 1. The van der Waals surface area contributed by atoms with E-state index in [1.165, 1.54) is 0 Å². The average Bonchev–Trinajstić information content (AvgIpc) is 3.41. The van der Waals surface area contributed by atoms with E-state index in [9.17, 15) is 4.79 Å². The molecule has 160 valence electrons. The first kappa shape index (κ1) is 21.0. The van der Waals surface area contributed by atoms with Crippen molar-refractivity contribution >= 4 is 23.4 Å². The molecule has 0 bridgehead atoms. The van der Waals surface area contributed by atoms with Crippen LogP contribution in [-0.4, -0.2) is 65.3 Å². The molecule has 7 nitrogen and oxygen atoms in total. The van der Waals surface area contributed by atoms with Crippen LogP contribution < -0.4 is 10.1 Å². The largest absolute Gasteiger partial charge is 0.492 e. The smallest absolute Gasteiger partial charge is 0.225 e. The van der Waals surface area contributed by atoms with E-state index >= 15 is 0 Å². The minimum Gasteiger partial charge on any atom is -0.492 e. The number of thioether (sulfide) groups is 1. The van der Waals surface area contributed by atoms with E-state index in [1.54, 1.807) is 18.0 Å². The maximum atomic E-state index is 12.4. The van der Waals surface area contributed by atoms with Gasteiger partial charge in [-0.1, -0.05) is 6.08 Å². The Bertz CT molecular complexity index is 884. The molecule has 1 aromatic carbocycles. The number of carbonyl (C=O) groups excluding carboxylic acids is 1. The number of allylic oxidation sites excluding steroid dienone is 1. The van der Waals surface area contributed by atoms with Crippen LogP contribution in [-0.2, 0) is 16.6 Å². The number of amides is 1. The number of hydrogen-bond donors (Lipinski definition) is 1. The molecule has 0 saturated carbocycles. The molecule has 0 radical (unpaired) electrons. The van der Waals surface area contributed by atoms with Crippen molar-refractivity contribution < 1.29 is 14.3 Å². The van der Waals surface area contributed by atoms with E-state index < -0.39 is 0 Å². The summed E-state index contributed by atoms with van der Waals surface area (Å²) in [6.45, 7) is 4.91. The van der Waals surface area contributed by atoms with Crippen molar-refractivity contribution in [3.8, 4) is 17.0 Å². The molecule has 3 heterocycles. The Morgan fingerprint density at radius 3 is 2.93 bits per heavy atom. The minimum atomic E-state index is 0.0353. The molecule has 2 aromatic rings. The number of aryl methyl sites for hydroxylation is 1. The van der Waals surface area contributed by atoms with Crippen molar-refractivity contribution in [3.05, 3.63) is 41.9 Å². The number of aromatic nitrogens is 2. The van der Waals surface area contributed by atoms with E-state index in [1.807, 2.05) is 36.0 Å². The summed E-state index contributed by atoms with van der Waals surface area (Å²) in [6, 6.07) is 7.76. The fourth-order valence-electron chi connectivity index (χ4n) is 3.66. The second-order valence-electron chi connectivity index (χ2n) is 7.47. The first-order valence-electron chi connectivity index (χ1n) is 10.3. The number of anilines is 1. The monoisotopic (exact) mass is 428 g/mol. The zero-order valence-electron chi connectivity index (χ0n) is 17.3. The molecule has 1 aromatic heterocycles. The SMILES string of the molecule is Cn1nccc1-c1cc(NC(=O)CC2CC=CS2)ccc1OCCN1CCOCC1. The molecular weight excluding hydrogens is 400 g/mol. The minimum absolute atomic E-state index is 0.0353. The highest BCUT2D eigenvalue weighted by Gasteiger charge is 2.17. The van der Waals surface area contributed by atoms with Gasteiger partial charge in [0, 0.05) is 55.8 Å². The van der Waals surface area contributed by atoms with Crippen molar-refractivity contribution in [2.24, 2.45) is 7.05 Å². The van der Waals surface area contributed by atoms with Gasteiger partial charge in [-0.25, -0.2) is 0 Å². The van der Waals surface area contributed by atoms with Crippen molar-refractivity contribution in [2.75, 3.05) is 44.8 Å². The molecule has 1 saturated heterocycles. The molecule has 30 heavy (non-hydrogen) atoms. The fraction of sp³-hybridized carbons (Fsp3) is 0.455. The zero-order valence-corrected chi connectivity index (χ0v) is 18.1. The maximum absolute atomic E-state index is 12.4. The molecule has 1 N–H and O–H groups in total. The van der Waals surface area contributed by atoms with Gasteiger partial charge in [0.05, 0.1) is 18.9 Å². The Labute approximate surface area is 181 Å². The predicted octanol–water partition coefficient (Wildman–Crippen LogP) is 3.15. The molecule has 8 heteroatoms. The van der Waals surface area contributed by atoms with Crippen LogP contribution in [0.2, 0.25) is 0 Å². The molecule has 1 fully saturated rings. The van der Waals surface area contributed by atoms with Crippen LogP contribution in [0, 0.1) is 0 Å². The van der Waals surface area contributed by atoms with Gasteiger partial charge in [-0.15, -0.1) is 11.8 Å². The summed E-state index contributed by atoms with van der Waals surface area (Å²) in [5, 5.41) is 9.74. The van der Waals surface area contributed by atoms with E-state index in [0.717, 1.165) is 62.0 Å². The highest BCUT2D eigenvalue weighted by atomic mass is 32.2. The lowest BCUT2D eigenvalue weighted by molar-refractivity contribution is -0.116. The quantitative estimate of drug-likeness (QED) is 0.697. The Hall–Kier alpha value is -2.29. The second-order valence-corrected chi connectivity index (χ2v) is 8.68. The molecule has 2 aliphatic heterocycles. The number of ether oxygens (including phenoxy) is 2. The molecule has 1 unspecified atom stereocenters. The van der Waals surface area contributed by atoms with Crippen LogP contribution in [0.15, 0.2) is 41.9 Å². The van der Waals surface area contributed by atoms with E-state index in [2.05, 4.69) is 26.8 Å². The highest BCUT2D eigenvalue weighted by Crippen LogP contribution is 2.33. The third-order valence-corrected chi connectivity index (χ3v) is 6.40. The van der Waals surface area contributed by atoms with Gasteiger partial charge >= 0.3 is 0 Å². The van der Waals surface area contributed by atoms with Crippen molar-refractivity contribution in [1.82, 2.24) is 14.7 Å². The van der Waals surface area contributed by atoms with Crippen molar-refractivity contribution in [2.45, 2.75) is 18.1 Å². The average molecular weight is 429 g/mol. The summed E-state index contributed by atoms with van der Waals surface area (Å²) >= 11 is 1.72. The Kier molecular flexibility index (Phi) is 7.09. The fourth-order valence-corrected chi connectivity index (χ4v) is 4.58. The summed E-state index contributed by atoms with van der Waals surface area (Å²) in [4.78, 5) is 14.8. The molecule has 1 amide bonds. The molecule has 0 aliphatic carbocycles. The van der Waals surface area contributed by atoms with Crippen molar-refractivity contribution in [3.63, 3.8) is 0 Å². The van der Waals surface area contributed by atoms with Gasteiger partial charge in [0.2, 0.25) is 5.91 Å². The van der Waals surface area contributed by atoms with Crippen LogP contribution in [0.25, 0.3) is 11.3 Å². The molecule has 0 spiro atoms. The van der Waals surface area contributed by atoms with Gasteiger partial charge in [-0.2, -0.15) is 5.10 Å². The summed E-state index contributed by atoms with van der Waals surface area (Å²) in [5.41, 5.74) is 2.64. The Balaban J connectivity index is 1.44. The first-order valence-corrected chi connectivity index (χ1v) is 11.3. The third-order valence-electron chi connectivity index (χ3n) is 5.31. The number of hydrogen-bond acceptors (Lipinski definition) is 6. The molecule has 1 atom stereocenters. The summed E-state index contributed by atoms with van der Waals surface area (Å²) in [7, 11) is 1.91. The third kappa shape index (κ3) is 5.44. The number of morpholine rings is 1. The second kappa shape index (κ2) is 10.1. The number of nitrogens with zero attached hydrogens (tertiary/aromatic N) is 3. The lowest BCUT2D eigenvalue weighted by atomic mass is 10.1. The van der Waals surface area contributed by atoms with Gasteiger partial charge in [0.15, 0.2) is 0 Å².